The molecule has 0 aliphatic carbocycles. The van der Waals surface area contributed by atoms with E-state index < -0.39 is 35.5 Å². The van der Waals surface area contributed by atoms with E-state index in [9.17, 15) is 31.1 Å². The zero-order valence-corrected chi connectivity index (χ0v) is 16.3. The van der Waals surface area contributed by atoms with Crippen molar-refractivity contribution in [2.24, 2.45) is 0 Å². The topological polar surface area (TPSA) is 50.4 Å². The highest BCUT2D eigenvalue weighted by molar-refractivity contribution is 7.80. The first-order valence-electron chi connectivity index (χ1n) is 8.56. The van der Waals surface area contributed by atoms with Gasteiger partial charge in [-0.3, -0.25) is 10.1 Å². The lowest BCUT2D eigenvalue weighted by Gasteiger charge is -2.36. The van der Waals surface area contributed by atoms with E-state index in [4.69, 9.17) is 0 Å². The highest BCUT2D eigenvalue weighted by Crippen LogP contribution is 2.52. The maximum absolute atomic E-state index is 13.3. The van der Waals surface area contributed by atoms with Crippen LogP contribution in [0.2, 0.25) is 0 Å². The number of methoxy groups -OCH3 is 1. The lowest BCUT2D eigenvalue weighted by atomic mass is 9.91. The van der Waals surface area contributed by atoms with Gasteiger partial charge in [-0.25, -0.2) is 0 Å². The van der Waals surface area contributed by atoms with Crippen LogP contribution >= 0.6 is 12.6 Å². The van der Waals surface area contributed by atoms with Crippen molar-refractivity contribution in [1.82, 2.24) is 5.32 Å². The summed E-state index contributed by atoms with van der Waals surface area (Å²) in [6, 6.07) is 7.71. The van der Waals surface area contributed by atoms with Gasteiger partial charge in [-0.05, 0) is 35.4 Å². The van der Waals surface area contributed by atoms with Crippen molar-refractivity contribution in [2.45, 2.75) is 35.4 Å². The number of alkyl halides is 6. The number of benzene rings is 2. The van der Waals surface area contributed by atoms with Crippen molar-refractivity contribution in [3.8, 4) is 0 Å². The minimum absolute atomic E-state index is 0.0409. The number of carbonyl (C=O) groups is 1. The zero-order chi connectivity index (χ0) is 22.3. The zero-order valence-electron chi connectivity index (χ0n) is 15.4. The van der Waals surface area contributed by atoms with Gasteiger partial charge in [0.1, 0.15) is 6.04 Å². The maximum atomic E-state index is 13.3. The van der Waals surface area contributed by atoms with E-state index in [1.807, 2.05) is 0 Å². The Kier molecular flexibility index (Phi) is 5.82. The summed E-state index contributed by atoms with van der Waals surface area (Å²) < 4.78 is 83.8. The van der Waals surface area contributed by atoms with Crippen LogP contribution in [-0.4, -0.2) is 25.4 Å². The fourth-order valence-corrected chi connectivity index (χ4v) is 3.65. The molecule has 1 amide bonds. The van der Waals surface area contributed by atoms with Gasteiger partial charge in [-0.1, -0.05) is 18.2 Å². The van der Waals surface area contributed by atoms with Crippen molar-refractivity contribution in [2.75, 3.05) is 12.4 Å². The average Bonchev–Trinajstić information content (AvgIpc) is 3.04. The fourth-order valence-electron chi connectivity index (χ4n) is 3.42. The van der Waals surface area contributed by atoms with Crippen LogP contribution < -0.4 is 10.6 Å². The van der Waals surface area contributed by atoms with E-state index >= 15 is 0 Å². The molecule has 2 N–H and O–H groups in total. The molecule has 1 atom stereocenters. The largest absolute Gasteiger partial charge is 0.430 e. The molecule has 1 aliphatic heterocycles. The Bertz CT molecular complexity index is 930. The van der Waals surface area contributed by atoms with Gasteiger partial charge in [-0.15, -0.1) is 12.6 Å². The van der Waals surface area contributed by atoms with Crippen molar-refractivity contribution < 1.29 is 35.9 Å². The highest BCUT2D eigenvalue weighted by Gasteiger charge is 2.72. The molecule has 162 valence electrons. The normalized spacial score (nSPS) is 17.0. The van der Waals surface area contributed by atoms with E-state index in [1.54, 1.807) is 18.2 Å². The number of halogens is 6. The summed E-state index contributed by atoms with van der Waals surface area (Å²) in [5.41, 5.74) is -3.99. The van der Waals surface area contributed by atoms with E-state index in [0.717, 1.165) is 28.2 Å². The second-order valence-corrected chi connectivity index (χ2v) is 7.16. The molecule has 0 bridgehead atoms. The Morgan fingerprint density at radius 2 is 1.67 bits per heavy atom. The molecule has 0 saturated heterocycles. The number of fused-ring (bicyclic) bond motifs is 1. The third-order valence-corrected chi connectivity index (χ3v) is 5.14. The molecule has 0 aromatic heterocycles. The van der Waals surface area contributed by atoms with Crippen molar-refractivity contribution in [3.63, 3.8) is 0 Å². The van der Waals surface area contributed by atoms with Gasteiger partial charge in [0.05, 0.1) is 0 Å². The van der Waals surface area contributed by atoms with Crippen LogP contribution in [0.1, 0.15) is 22.7 Å². The molecule has 0 radical (unpaired) electrons. The third-order valence-electron chi connectivity index (χ3n) is 4.86. The summed E-state index contributed by atoms with van der Waals surface area (Å²) in [5.74, 6) is -0.502. The van der Waals surface area contributed by atoms with Gasteiger partial charge < -0.3 is 10.1 Å². The molecule has 3 rings (SSSR count). The summed E-state index contributed by atoms with van der Waals surface area (Å²) in [6.45, 7) is 0.425. The van der Waals surface area contributed by atoms with Crippen LogP contribution in [-0.2, 0) is 21.7 Å². The number of carbonyl (C=O) groups excluding carboxylic acids is 1. The molecule has 1 heterocycles. The Labute approximate surface area is 173 Å². The predicted molar refractivity (Wildman–Crippen MR) is 99.1 cm³/mol. The summed E-state index contributed by atoms with van der Waals surface area (Å²) in [5, 5.41) is 5.48. The van der Waals surface area contributed by atoms with Gasteiger partial charge in [-0.2, -0.15) is 26.3 Å². The molecule has 4 nitrogen and oxygen atoms in total. The number of hydrogen-bond donors (Lipinski definition) is 3. The van der Waals surface area contributed by atoms with Crippen LogP contribution in [0.4, 0.5) is 32.0 Å². The summed E-state index contributed by atoms with van der Waals surface area (Å²) in [6.07, 6.45) is -11.5. The number of anilines is 1. The molecular weight excluding hydrogens is 434 g/mol. The molecule has 0 fully saturated rings. The quantitative estimate of drug-likeness (QED) is 0.467. The fraction of sp³-hybridized carbons (Fsp3) is 0.316. The number of hydrogen-bond acceptors (Lipinski definition) is 4. The Balaban J connectivity index is 1.84. The summed E-state index contributed by atoms with van der Waals surface area (Å²) in [7, 11) is 0.343. The first-order valence-corrected chi connectivity index (χ1v) is 9.00. The molecular formula is C19H16F6N2O2S. The van der Waals surface area contributed by atoms with Crippen molar-refractivity contribution in [3.05, 3.63) is 59.2 Å². The third kappa shape index (κ3) is 3.77. The van der Waals surface area contributed by atoms with E-state index in [0.29, 0.717) is 25.8 Å². The molecule has 2 aromatic rings. The smallest absolute Gasteiger partial charge is 0.357 e. The molecule has 11 heteroatoms. The summed E-state index contributed by atoms with van der Waals surface area (Å²) >= 11 is 4.23. The van der Waals surface area contributed by atoms with Crippen LogP contribution in [0.25, 0.3) is 0 Å². The van der Waals surface area contributed by atoms with E-state index in [2.05, 4.69) is 28.0 Å². The molecule has 0 spiro atoms. The van der Waals surface area contributed by atoms with Gasteiger partial charge in [0.15, 0.2) is 0 Å². The molecule has 30 heavy (non-hydrogen) atoms. The average molecular weight is 450 g/mol. The van der Waals surface area contributed by atoms with Crippen molar-refractivity contribution in [1.29, 1.82) is 0 Å². The molecule has 0 saturated carbocycles. The monoisotopic (exact) mass is 450 g/mol. The molecule has 2 aromatic carbocycles. The predicted octanol–water partition coefficient (Wildman–Crippen LogP) is 4.72. The number of ether oxygens (including phenoxy) is 1. The highest BCUT2D eigenvalue weighted by atomic mass is 32.1. The first kappa shape index (κ1) is 22.4. The lowest BCUT2D eigenvalue weighted by molar-refractivity contribution is -0.383. The van der Waals surface area contributed by atoms with E-state index in [-0.39, 0.29) is 5.69 Å². The van der Waals surface area contributed by atoms with Crippen LogP contribution in [0.3, 0.4) is 0 Å². The van der Waals surface area contributed by atoms with Crippen molar-refractivity contribution >= 4 is 24.2 Å². The van der Waals surface area contributed by atoms with Gasteiger partial charge in [0.25, 0.3) is 5.60 Å². The molecule has 1 aliphatic rings. The first-order chi connectivity index (χ1) is 13.9. The van der Waals surface area contributed by atoms with E-state index in [1.165, 1.54) is 0 Å². The minimum Gasteiger partial charge on any atom is -0.357 e. The second kappa shape index (κ2) is 7.78. The SMILES string of the molecule is COC(c1ccc(NC(=O)C2NCc3cc(S)ccc32)cc1)(C(F)(F)F)C(F)(F)F. The Hall–Kier alpha value is -2.24. The lowest BCUT2D eigenvalue weighted by Crippen LogP contribution is -2.55. The van der Waals surface area contributed by atoms with Gasteiger partial charge >= 0.3 is 12.4 Å². The van der Waals surface area contributed by atoms with Crippen LogP contribution in [0, 0.1) is 0 Å². The van der Waals surface area contributed by atoms with Gasteiger partial charge in [0.2, 0.25) is 5.91 Å². The Morgan fingerprint density at radius 1 is 1.07 bits per heavy atom. The summed E-state index contributed by atoms with van der Waals surface area (Å²) in [4.78, 5) is 13.3. The van der Waals surface area contributed by atoms with Crippen LogP contribution in [0.15, 0.2) is 47.4 Å². The second-order valence-electron chi connectivity index (χ2n) is 6.64. The molecule has 1 unspecified atom stereocenters. The number of thiol groups is 1. The number of rotatable bonds is 4. The maximum Gasteiger partial charge on any atom is 0.430 e. The van der Waals surface area contributed by atoms with Gasteiger partial charge in [0, 0.05) is 29.8 Å². The van der Waals surface area contributed by atoms with Crippen LogP contribution in [0.5, 0.6) is 0 Å². The standard InChI is InChI=1S/C19H16F6N2O2S/c1-29-17(18(20,21)22,19(23,24)25)11-2-4-12(5-3-11)27-16(28)15-14-7-6-13(30)8-10(14)9-26-15/h2-8,15,26,30H,9H2,1H3,(H,27,28). The number of nitrogens with one attached hydrogen (secondary N) is 2. The minimum atomic E-state index is -5.74. The Morgan fingerprint density at radius 3 is 2.20 bits per heavy atom. The number of amides is 1.